The van der Waals surface area contributed by atoms with Gasteiger partial charge in [-0.1, -0.05) is 15.9 Å². The van der Waals surface area contributed by atoms with Crippen molar-refractivity contribution in [2.45, 2.75) is 10.2 Å². The van der Waals surface area contributed by atoms with Crippen molar-refractivity contribution >= 4 is 55.7 Å². The highest BCUT2D eigenvalue weighted by molar-refractivity contribution is 9.08. The highest BCUT2D eigenvalue weighted by Crippen LogP contribution is 2.34. The van der Waals surface area contributed by atoms with Crippen LogP contribution in [-0.4, -0.2) is 0 Å². The van der Waals surface area contributed by atoms with E-state index < -0.39 is 0 Å². The monoisotopic (exact) mass is 273 g/mol. The summed E-state index contributed by atoms with van der Waals surface area (Å²) in [7, 11) is 0. The van der Waals surface area contributed by atoms with Crippen LogP contribution in [0.25, 0.3) is 10.1 Å². The van der Waals surface area contributed by atoms with Crippen molar-refractivity contribution in [3.63, 3.8) is 0 Å². The first-order chi connectivity index (χ1) is 6.24. The van der Waals surface area contributed by atoms with Crippen LogP contribution in [0.1, 0.15) is 5.56 Å². The molecule has 2 rings (SSSR count). The second kappa shape index (κ2) is 3.52. The summed E-state index contributed by atoms with van der Waals surface area (Å²) in [5.41, 5.74) is 7.77. The van der Waals surface area contributed by atoms with Gasteiger partial charge < -0.3 is 5.73 Å². The summed E-state index contributed by atoms with van der Waals surface area (Å²) in [6.07, 6.45) is 0. The van der Waals surface area contributed by atoms with E-state index in [1.807, 2.05) is 6.07 Å². The van der Waals surface area contributed by atoms with Crippen LogP contribution >= 0.6 is 39.9 Å². The maximum atomic E-state index is 5.83. The Morgan fingerprint density at radius 3 is 3.00 bits per heavy atom. The van der Waals surface area contributed by atoms with Crippen LogP contribution < -0.4 is 5.73 Å². The number of hydrogen-bond donors (Lipinski definition) is 2. The van der Waals surface area contributed by atoms with Gasteiger partial charge in [-0.05, 0) is 28.5 Å². The van der Waals surface area contributed by atoms with Crippen LogP contribution in [0.2, 0.25) is 0 Å². The second-order valence-electron chi connectivity index (χ2n) is 2.77. The molecule has 2 aromatic rings. The molecule has 1 aromatic heterocycles. The van der Waals surface area contributed by atoms with E-state index in [-0.39, 0.29) is 0 Å². The molecule has 0 unspecified atom stereocenters. The van der Waals surface area contributed by atoms with Crippen molar-refractivity contribution < 1.29 is 0 Å². The lowest BCUT2D eigenvalue weighted by molar-refractivity contribution is 1.35. The SMILES string of the molecule is Nc1cc2ccsc2c(CBr)c1S. The molecule has 4 heteroatoms. The van der Waals surface area contributed by atoms with Crippen molar-refractivity contribution in [3.05, 3.63) is 23.1 Å². The molecule has 0 saturated heterocycles. The van der Waals surface area contributed by atoms with Crippen molar-refractivity contribution in [3.8, 4) is 0 Å². The number of thiophene rings is 1. The first-order valence-corrected chi connectivity index (χ1v) is 6.22. The topological polar surface area (TPSA) is 26.0 Å². The quantitative estimate of drug-likeness (QED) is 0.463. The molecule has 0 spiro atoms. The lowest BCUT2D eigenvalue weighted by Crippen LogP contribution is -1.91. The van der Waals surface area contributed by atoms with Crippen molar-refractivity contribution in [2.75, 3.05) is 5.73 Å². The molecule has 2 N–H and O–H groups in total. The molecule has 0 saturated carbocycles. The third-order valence-electron chi connectivity index (χ3n) is 1.97. The van der Waals surface area contributed by atoms with Gasteiger partial charge in [-0.3, -0.25) is 0 Å². The van der Waals surface area contributed by atoms with Gasteiger partial charge in [0.1, 0.15) is 0 Å². The Morgan fingerprint density at radius 1 is 1.54 bits per heavy atom. The van der Waals surface area contributed by atoms with Gasteiger partial charge in [0.25, 0.3) is 0 Å². The van der Waals surface area contributed by atoms with Crippen LogP contribution in [0.4, 0.5) is 5.69 Å². The number of thiol groups is 1. The van der Waals surface area contributed by atoms with Crippen molar-refractivity contribution in [2.24, 2.45) is 0 Å². The van der Waals surface area contributed by atoms with Crippen LogP contribution in [0.15, 0.2) is 22.4 Å². The molecular weight excluding hydrogens is 266 g/mol. The summed E-state index contributed by atoms with van der Waals surface area (Å²) < 4.78 is 1.27. The van der Waals surface area contributed by atoms with E-state index in [9.17, 15) is 0 Å². The van der Waals surface area contributed by atoms with Gasteiger partial charge in [0.05, 0.1) is 0 Å². The molecular formula is C9H8BrNS2. The van der Waals surface area contributed by atoms with Crippen LogP contribution in [0.5, 0.6) is 0 Å². The smallest absolute Gasteiger partial charge is 0.0459 e. The van der Waals surface area contributed by atoms with E-state index >= 15 is 0 Å². The summed E-state index contributed by atoms with van der Waals surface area (Å²) in [5.74, 6) is 0. The van der Waals surface area contributed by atoms with E-state index in [2.05, 4.69) is 40.0 Å². The van der Waals surface area contributed by atoms with Gasteiger partial charge in [-0.25, -0.2) is 0 Å². The molecule has 13 heavy (non-hydrogen) atoms. The highest BCUT2D eigenvalue weighted by atomic mass is 79.9. The maximum Gasteiger partial charge on any atom is 0.0459 e. The van der Waals surface area contributed by atoms with Gasteiger partial charge >= 0.3 is 0 Å². The lowest BCUT2D eigenvalue weighted by Gasteiger charge is -2.06. The maximum absolute atomic E-state index is 5.83. The summed E-state index contributed by atoms with van der Waals surface area (Å²) in [6, 6.07) is 4.05. The molecule has 0 atom stereocenters. The zero-order valence-electron chi connectivity index (χ0n) is 6.75. The summed E-state index contributed by atoms with van der Waals surface area (Å²) >= 11 is 9.57. The number of hydrogen-bond acceptors (Lipinski definition) is 3. The number of nitrogen functional groups attached to an aromatic ring is 1. The number of rotatable bonds is 1. The van der Waals surface area contributed by atoms with E-state index in [1.54, 1.807) is 11.3 Å². The second-order valence-corrected chi connectivity index (χ2v) is 4.69. The van der Waals surface area contributed by atoms with Gasteiger partial charge in [-0.2, -0.15) is 0 Å². The van der Waals surface area contributed by atoms with Gasteiger partial charge in [0, 0.05) is 20.6 Å². The Bertz CT molecular complexity index is 450. The van der Waals surface area contributed by atoms with Crippen molar-refractivity contribution in [1.82, 2.24) is 0 Å². The molecule has 0 amide bonds. The molecule has 0 fully saturated rings. The van der Waals surface area contributed by atoms with E-state index in [1.165, 1.54) is 15.6 Å². The Balaban J connectivity index is 2.87. The number of fused-ring (bicyclic) bond motifs is 1. The first kappa shape index (κ1) is 9.37. The Kier molecular flexibility index (Phi) is 2.53. The minimum Gasteiger partial charge on any atom is -0.398 e. The van der Waals surface area contributed by atoms with E-state index in [4.69, 9.17) is 5.73 Å². The Hall–Kier alpha value is -0.190. The number of anilines is 1. The Morgan fingerprint density at radius 2 is 2.31 bits per heavy atom. The zero-order valence-corrected chi connectivity index (χ0v) is 10.0. The molecule has 0 aliphatic heterocycles. The average Bonchev–Trinajstić information content (AvgIpc) is 2.54. The summed E-state index contributed by atoms with van der Waals surface area (Å²) in [6.45, 7) is 0. The number of alkyl halides is 1. The minimum atomic E-state index is 0.753. The molecule has 0 bridgehead atoms. The summed E-state index contributed by atoms with van der Waals surface area (Å²) in [4.78, 5) is 0.895. The Labute approximate surface area is 94.5 Å². The number of nitrogens with two attached hydrogens (primary N) is 1. The molecule has 68 valence electrons. The van der Waals surface area contributed by atoms with Crippen molar-refractivity contribution in [1.29, 1.82) is 0 Å². The number of halogens is 1. The van der Waals surface area contributed by atoms with Crippen LogP contribution in [0.3, 0.4) is 0 Å². The van der Waals surface area contributed by atoms with Crippen LogP contribution in [0, 0.1) is 0 Å². The van der Waals surface area contributed by atoms with E-state index in [0.717, 1.165) is 15.9 Å². The minimum absolute atomic E-state index is 0.753. The molecule has 1 nitrogen and oxygen atoms in total. The molecule has 1 heterocycles. The fraction of sp³-hybridized carbons (Fsp3) is 0.111. The third kappa shape index (κ3) is 1.47. The fourth-order valence-corrected chi connectivity index (χ4v) is 3.54. The largest absolute Gasteiger partial charge is 0.398 e. The van der Waals surface area contributed by atoms with Gasteiger partial charge in [0.2, 0.25) is 0 Å². The molecule has 1 aromatic carbocycles. The third-order valence-corrected chi connectivity index (χ3v) is 4.05. The molecule has 0 radical (unpaired) electrons. The van der Waals surface area contributed by atoms with Gasteiger partial charge in [-0.15, -0.1) is 24.0 Å². The average molecular weight is 274 g/mol. The van der Waals surface area contributed by atoms with Gasteiger partial charge in [0.15, 0.2) is 0 Å². The number of benzene rings is 1. The lowest BCUT2D eigenvalue weighted by atomic mass is 10.1. The molecule has 0 aliphatic rings. The zero-order chi connectivity index (χ0) is 9.42. The van der Waals surface area contributed by atoms with E-state index in [0.29, 0.717) is 0 Å². The first-order valence-electron chi connectivity index (χ1n) is 3.77. The predicted octanol–water partition coefficient (Wildman–Crippen LogP) is 3.67. The summed E-state index contributed by atoms with van der Waals surface area (Å²) in [5, 5.41) is 4.08. The normalized spacial score (nSPS) is 10.9. The highest BCUT2D eigenvalue weighted by Gasteiger charge is 2.08. The standard InChI is InChI=1S/C9H8BrNS2/c10-4-6-8(12)7(11)3-5-1-2-13-9(5)6/h1-3,12H,4,11H2. The predicted molar refractivity (Wildman–Crippen MR) is 66.1 cm³/mol. The van der Waals surface area contributed by atoms with Crippen LogP contribution in [-0.2, 0) is 5.33 Å². The fourth-order valence-electron chi connectivity index (χ4n) is 1.32. The molecule has 0 aliphatic carbocycles.